The number of halogens is 1. The molecule has 2 rings (SSSR count). The molecular weight excluding hydrogens is 262 g/mol. The quantitative estimate of drug-likeness (QED) is 0.798. The number of rotatable bonds is 6. The first-order chi connectivity index (χ1) is 9.11. The zero-order valence-corrected chi connectivity index (χ0v) is 12.4. The van der Waals surface area contributed by atoms with Gasteiger partial charge in [-0.15, -0.1) is 0 Å². The van der Waals surface area contributed by atoms with Crippen molar-refractivity contribution < 1.29 is 9.47 Å². The lowest BCUT2D eigenvalue weighted by molar-refractivity contribution is 0.110. The maximum Gasteiger partial charge on any atom is 0.140 e. The van der Waals surface area contributed by atoms with Crippen molar-refractivity contribution >= 4 is 22.5 Å². The van der Waals surface area contributed by atoms with E-state index < -0.39 is 0 Å². The normalized spacial score (nSPS) is 11.4. The Morgan fingerprint density at radius 2 is 2.00 bits per heavy atom. The largest absolute Gasteiger partial charge is 0.490 e. The highest BCUT2D eigenvalue weighted by Gasteiger charge is 2.09. The summed E-state index contributed by atoms with van der Waals surface area (Å²) in [6.45, 7) is 8.07. The Bertz CT molecular complexity index is 548. The van der Waals surface area contributed by atoms with Crippen LogP contribution in [-0.2, 0) is 4.74 Å². The van der Waals surface area contributed by atoms with Gasteiger partial charge in [0.15, 0.2) is 0 Å². The van der Waals surface area contributed by atoms with Crippen molar-refractivity contribution in [2.45, 2.75) is 26.7 Å². The smallest absolute Gasteiger partial charge is 0.140 e. The minimum absolute atomic E-state index is 0.466. The Balaban J connectivity index is 2.18. The molecule has 0 aliphatic heterocycles. The van der Waals surface area contributed by atoms with E-state index in [4.69, 9.17) is 21.1 Å². The monoisotopic (exact) mass is 281 g/mol. The molecule has 0 amide bonds. The van der Waals surface area contributed by atoms with Crippen molar-refractivity contribution in [2.24, 2.45) is 0 Å². The molecule has 1 aromatic heterocycles. The number of hydrogen-bond donors (Lipinski definition) is 1. The van der Waals surface area contributed by atoms with Crippen molar-refractivity contribution in [3.05, 3.63) is 28.9 Å². The fourth-order valence-corrected chi connectivity index (χ4v) is 2.16. The highest BCUT2D eigenvalue weighted by Crippen LogP contribution is 2.31. The molecule has 19 heavy (non-hydrogen) atoms. The number of ether oxygens (including phenoxy) is 2. The van der Waals surface area contributed by atoms with Crippen LogP contribution in [0.1, 0.15) is 32.4 Å². The highest BCUT2D eigenvalue weighted by atomic mass is 35.5. The summed E-state index contributed by atoms with van der Waals surface area (Å²) < 4.78 is 10.9. The van der Waals surface area contributed by atoms with Crippen molar-refractivity contribution in [1.82, 2.24) is 4.98 Å². The lowest BCUT2D eigenvalue weighted by Gasteiger charge is -2.08. The molecular formula is C15H20ClNO2. The molecule has 2 aromatic rings. The predicted octanol–water partition coefficient (Wildman–Crippen LogP) is 4.36. The first-order valence-corrected chi connectivity index (χ1v) is 7.02. The third-order valence-corrected chi connectivity index (χ3v) is 3.30. The van der Waals surface area contributed by atoms with Crippen molar-refractivity contribution in [1.29, 1.82) is 0 Å². The van der Waals surface area contributed by atoms with Crippen LogP contribution in [0.25, 0.3) is 10.9 Å². The van der Waals surface area contributed by atoms with E-state index in [2.05, 4.69) is 24.9 Å². The molecule has 0 unspecified atom stereocenters. The second kappa shape index (κ2) is 6.31. The molecule has 0 fully saturated rings. The minimum Gasteiger partial charge on any atom is -0.490 e. The Kier molecular flexibility index (Phi) is 4.72. The van der Waals surface area contributed by atoms with Gasteiger partial charge in [0.05, 0.1) is 11.6 Å². The van der Waals surface area contributed by atoms with Crippen LogP contribution in [0, 0.1) is 0 Å². The van der Waals surface area contributed by atoms with Gasteiger partial charge in [0.1, 0.15) is 12.4 Å². The van der Waals surface area contributed by atoms with E-state index >= 15 is 0 Å². The van der Waals surface area contributed by atoms with Crippen molar-refractivity contribution in [3.63, 3.8) is 0 Å². The first-order valence-electron chi connectivity index (χ1n) is 6.64. The Hall–Kier alpha value is -1.19. The van der Waals surface area contributed by atoms with Crippen molar-refractivity contribution in [2.75, 3.05) is 19.8 Å². The maximum atomic E-state index is 6.23. The molecule has 104 valence electrons. The van der Waals surface area contributed by atoms with Crippen LogP contribution in [0.5, 0.6) is 5.75 Å². The fourth-order valence-electron chi connectivity index (χ4n) is 1.93. The molecule has 0 atom stereocenters. The maximum absolute atomic E-state index is 6.23. The van der Waals surface area contributed by atoms with Crippen molar-refractivity contribution in [3.8, 4) is 5.75 Å². The Morgan fingerprint density at radius 3 is 2.68 bits per heavy atom. The van der Waals surface area contributed by atoms with Crippen LogP contribution in [-0.4, -0.2) is 24.8 Å². The molecule has 0 aliphatic carbocycles. The molecule has 0 spiro atoms. The second-order valence-corrected chi connectivity index (χ2v) is 5.20. The molecule has 0 radical (unpaired) electrons. The van der Waals surface area contributed by atoms with Gasteiger partial charge < -0.3 is 14.5 Å². The average Bonchev–Trinajstić information content (AvgIpc) is 2.77. The van der Waals surface area contributed by atoms with Gasteiger partial charge in [-0.3, -0.25) is 0 Å². The molecule has 1 N–H and O–H groups in total. The number of aromatic amines is 1. The minimum atomic E-state index is 0.466. The van der Waals surface area contributed by atoms with Crippen LogP contribution in [0.15, 0.2) is 18.2 Å². The van der Waals surface area contributed by atoms with Crippen LogP contribution in [0.2, 0.25) is 5.02 Å². The van der Waals surface area contributed by atoms with E-state index in [1.165, 1.54) is 5.69 Å². The number of fused-ring (bicyclic) bond motifs is 1. The summed E-state index contributed by atoms with van der Waals surface area (Å²) in [6, 6.07) is 6.03. The Labute approximate surface area is 118 Å². The third-order valence-electron chi connectivity index (χ3n) is 3.01. The summed E-state index contributed by atoms with van der Waals surface area (Å²) in [7, 11) is 0. The lowest BCUT2D eigenvalue weighted by atomic mass is 10.1. The van der Waals surface area contributed by atoms with E-state index in [1.807, 2.05) is 19.1 Å². The summed E-state index contributed by atoms with van der Waals surface area (Å²) in [5.41, 5.74) is 2.26. The number of hydrogen-bond acceptors (Lipinski definition) is 2. The van der Waals surface area contributed by atoms with E-state index in [9.17, 15) is 0 Å². The molecule has 0 saturated heterocycles. The van der Waals surface area contributed by atoms with Gasteiger partial charge in [-0.25, -0.2) is 0 Å². The fraction of sp³-hybridized carbons (Fsp3) is 0.467. The van der Waals surface area contributed by atoms with Crippen LogP contribution >= 0.6 is 11.6 Å². The summed E-state index contributed by atoms with van der Waals surface area (Å²) in [6.07, 6.45) is 0. The number of nitrogens with one attached hydrogen (secondary N) is 1. The highest BCUT2D eigenvalue weighted by molar-refractivity contribution is 6.32. The SMILES string of the molecule is CCOCCOc1cc2[nH]c(C(C)C)cc2cc1Cl. The first kappa shape index (κ1) is 14.2. The van der Waals surface area contributed by atoms with Gasteiger partial charge in [-0.05, 0) is 25.0 Å². The van der Waals surface area contributed by atoms with E-state index in [-0.39, 0.29) is 0 Å². The van der Waals surface area contributed by atoms with Gasteiger partial charge in [-0.2, -0.15) is 0 Å². The Morgan fingerprint density at radius 1 is 1.21 bits per heavy atom. The van der Waals surface area contributed by atoms with E-state index in [0.29, 0.717) is 36.5 Å². The van der Waals surface area contributed by atoms with Gasteiger partial charge in [-0.1, -0.05) is 25.4 Å². The van der Waals surface area contributed by atoms with Crippen LogP contribution < -0.4 is 4.74 Å². The number of benzene rings is 1. The zero-order valence-electron chi connectivity index (χ0n) is 11.6. The predicted molar refractivity (Wildman–Crippen MR) is 79.4 cm³/mol. The average molecular weight is 282 g/mol. The van der Waals surface area contributed by atoms with Gasteiger partial charge in [0.25, 0.3) is 0 Å². The third kappa shape index (κ3) is 3.43. The molecule has 1 aromatic carbocycles. The summed E-state index contributed by atoms with van der Waals surface area (Å²) in [4.78, 5) is 3.39. The van der Waals surface area contributed by atoms with Gasteiger partial charge in [0.2, 0.25) is 0 Å². The zero-order chi connectivity index (χ0) is 13.8. The van der Waals surface area contributed by atoms with Crippen LogP contribution in [0.3, 0.4) is 0 Å². The molecule has 4 heteroatoms. The summed E-state index contributed by atoms with van der Waals surface area (Å²) in [5.74, 6) is 1.17. The molecule has 0 bridgehead atoms. The second-order valence-electron chi connectivity index (χ2n) is 4.79. The van der Waals surface area contributed by atoms with E-state index in [0.717, 1.165) is 10.9 Å². The lowest BCUT2D eigenvalue weighted by Crippen LogP contribution is -2.06. The molecule has 3 nitrogen and oxygen atoms in total. The number of H-pyrrole nitrogens is 1. The topological polar surface area (TPSA) is 34.2 Å². The standard InChI is InChI=1S/C15H20ClNO2/c1-4-18-5-6-19-15-9-14-11(7-12(15)16)8-13(17-14)10(2)3/h7-10,17H,4-6H2,1-3H3. The molecule has 0 aliphatic rings. The molecule has 0 saturated carbocycles. The van der Waals surface area contributed by atoms with Gasteiger partial charge >= 0.3 is 0 Å². The molecule has 1 heterocycles. The van der Waals surface area contributed by atoms with Gasteiger partial charge in [0, 0.05) is 29.3 Å². The van der Waals surface area contributed by atoms with Crippen LogP contribution in [0.4, 0.5) is 0 Å². The number of aromatic nitrogens is 1. The summed E-state index contributed by atoms with van der Waals surface area (Å²) in [5, 5.41) is 1.75. The van der Waals surface area contributed by atoms with E-state index in [1.54, 1.807) is 0 Å². The summed E-state index contributed by atoms with van der Waals surface area (Å²) >= 11 is 6.23.